The summed E-state index contributed by atoms with van der Waals surface area (Å²) in [7, 11) is 3.23. The lowest BCUT2D eigenvalue weighted by atomic mass is 9.99. The lowest BCUT2D eigenvalue weighted by Crippen LogP contribution is -3.13. The van der Waals surface area contributed by atoms with Gasteiger partial charge in [0.05, 0.1) is 20.8 Å². The number of quaternary nitrogens is 1. The molecule has 1 aliphatic heterocycles. The number of carbonyl (C=O) groups is 2. The van der Waals surface area contributed by atoms with Crippen LogP contribution in [0.1, 0.15) is 24.5 Å². The van der Waals surface area contributed by atoms with Gasteiger partial charge in [-0.15, -0.1) is 0 Å². The second-order valence-corrected chi connectivity index (χ2v) is 5.88. The second-order valence-electron chi connectivity index (χ2n) is 5.88. The molecule has 0 saturated carbocycles. The SMILES string of the molecule is CCCNC(=O)NC(=O)C[NH+]1CCc2cc(OC)c(OC)cc2C1. The molecule has 0 radical (unpaired) electrons. The molecular formula is C17H26N3O4+. The minimum atomic E-state index is -0.426. The maximum absolute atomic E-state index is 12.0. The number of hydrogen-bond acceptors (Lipinski definition) is 4. The van der Waals surface area contributed by atoms with Gasteiger partial charge >= 0.3 is 6.03 Å². The van der Waals surface area contributed by atoms with E-state index >= 15 is 0 Å². The molecule has 2 rings (SSSR count). The Morgan fingerprint density at radius 2 is 1.83 bits per heavy atom. The van der Waals surface area contributed by atoms with Crippen molar-refractivity contribution in [3.05, 3.63) is 23.3 Å². The standard InChI is InChI=1S/C17H25N3O4/c1-4-6-18-17(22)19-16(21)11-20-7-5-12-8-14(23-2)15(24-3)9-13(12)10-20/h8-9H,4-7,10-11H2,1-3H3,(H2,18,19,21,22)/p+1. The van der Waals surface area contributed by atoms with Crippen LogP contribution in [0.15, 0.2) is 12.1 Å². The van der Waals surface area contributed by atoms with E-state index in [1.807, 2.05) is 19.1 Å². The Morgan fingerprint density at radius 3 is 2.46 bits per heavy atom. The first-order valence-corrected chi connectivity index (χ1v) is 8.22. The monoisotopic (exact) mass is 336 g/mol. The number of carbonyl (C=O) groups excluding carboxylic acids is 2. The molecule has 1 aromatic carbocycles. The Balaban J connectivity index is 1.94. The van der Waals surface area contributed by atoms with Crippen molar-refractivity contribution in [3.8, 4) is 11.5 Å². The zero-order valence-electron chi connectivity index (χ0n) is 14.5. The largest absolute Gasteiger partial charge is 0.493 e. The summed E-state index contributed by atoms with van der Waals surface area (Å²) in [6, 6.07) is 3.55. The van der Waals surface area contributed by atoms with E-state index in [1.165, 1.54) is 5.56 Å². The van der Waals surface area contributed by atoms with Gasteiger partial charge in [0.25, 0.3) is 5.91 Å². The lowest BCUT2D eigenvalue weighted by molar-refractivity contribution is -0.908. The average molecular weight is 336 g/mol. The number of hydrogen-bond donors (Lipinski definition) is 3. The molecule has 0 spiro atoms. The fraction of sp³-hybridized carbons (Fsp3) is 0.529. The Hall–Kier alpha value is -2.28. The topological polar surface area (TPSA) is 81.1 Å². The van der Waals surface area contributed by atoms with E-state index in [-0.39, 0.29) is 12.5 Å². The van der Waals surface area contributed by atoms with Gasteiger partial charge in [0.1, 0.15) is 6.54 Å². The van der Waals surface area contributed by atoms with E-state index < -0.39 is 6.03 Å². The number of methoxy groups -OCH3 is 2. The predicted octanol–water partition coefficient (Wildman–Crippen LogP) is -0.119. The van der Waals surface area contributed by atoms with E-state index in [0.29, 0.717) is 12.3 Å². The highest BCUT2D eigenvalue weighted by Crippen LogP contribution is 2.31. The Kier molecular flexibility index (Phi) is 6.43. The van der Waals surface area contributed by atoms with E-state index in [2.05, 4.69) is 10.6 Å². The molecule has 1 aromatic rings. The van der Waals surface area contributed by atoms with Crippen LogP contribution < -0.4 is 25.0 Å². The average Bonchev–Trinajstić information content (AvgIpc) is 2.58. The first kappa shape index (κ1) is 18.1. The molecule has 3 amide bonds. The summed E-state index contributed by atoms with van der Waals surface area (Å²) in [6.45, 7) is 4.35. The van der Waals surface area contributed by atoms with Crippen LogP contribution in [0.2, 0.25) is 0 Å². The van der Waals surface area contributed by atoms with Gasteiger partial charge in [0, 0.05) is 18.5 Å². The first-order chi connectivity index (χ1) is 11.6. The summed E-state index contributed by atoms with van der Waals surface area (Å²) in [6.07, 6.45) is 1.70. The fourth-order valence-electron chi connectivity index (χ4n) is 2.86. The summed E-state index contributed by atoms with van der Waals surface area (Å²) in [5, 5.41) is 5.01. The molecule has 0 fully saturated rings. The third-order valence-corrected chi connectivity index (χ3v) is 4.09. The molecule has 0 bridgehead atoms. The van der Waals surface area contributed by atoms with E-state index in [0.717, 1.165) is 42.1 Å². The molecule has 1 heterocycles. The van der Waals surface area contributed by atoms with E-state index in [4.69, 9.17) is 9.47 Å². The molecule has 132 valence electrons. The van der Waals surface area contributed by atoms with Crippen molar-refractivity contribution in [2.45, 2.75) is 26.3 Å². The van der Waals surface area contributed by atoms with Crippen LogP contribution in [-0.2, 0) is 17.8 Å². The zero-order valence-corrected chi connectivity index (χ0v) is 14.5. The minimum absolute atomic E-state index is 0.262. The molecule has 0 aromatic heterocycles. The molecule has 0 aliphatic carbocycles. The molecule has 7 nitrogen and oxygen atoms in total. The number of imide groups is 1. The van der Waals surface area contributed by atoms with Crippen LogP contribution in [0.4, 0.5) is 4.79 Å². The predicted molar refractivity (Wildman–Crippen MR) is 89.5 cm³/mol. The summed E-state index contributed by atoms with van der Waals surface area (Å²) >= 11 is 0. The summed E-state index contributed by atoms with van der Waals surface area (Å²) in [5.41, 5.74) is 2.37. The van der Waals surface area contributed by atoms with Crippen LogP contribution in [0, 0.1) is 0 Å². The molecule has 0 saturated heterocycles. The van der Waals surface area contributed by atoms with Gasteiger partial charge in [0.15, 0.2) is 18.0 Å². The van der Waals surface area contributed by atoms with Crippen molar-refractivity contribution < 1.29 is 24.0 Å². The highest BCUT2D eigenvalue weighted by molar-refractivity contribution is 5.94. The molecule has 7 heteroatoms. The summed E-state index contributed by atoms with van der Waals surface area (Å²) < 4.78 is 10.7. The Morgan fingerprint density at radius 1 is 1.17 bits per heavy atom. The molecular weight excluding hydrogens is 310 g/mol. The fourth-order valence-corrected chi connectivity index (χ4v) is 2.86. The first-order valence-electron chi connectivity index (χ1n) is 8.22. The van der Waals surface area contributed by atoms with Crippen molar-refractivity contribution in [2.24, 2.45) is 0 Å². The molecule has 1 atom stereocenters. The number of amides is 3. The van der Waals surface area contributed by atoms with Crippen LogP contribution >= 0.6 is 0 Å². The highest BCUT2D eigenvalue weighted by atomic mass is 16.5. The van der Waals surface area contributed by atoms with Crippen molar-refractivity contribution >= 4 is 11.9 Å². The third kappa shape index (κ3) is 4.61. The molecule has 24 heavy (non-hydrogen) atoms. The van der Waals surface area contributed by atoms with Gasteiger partial charge in [0.2, 0.25) is 0 Å². The van der Waals surface area contributed by atoms with Gasteiger partial charge in [-0.3, -0.25) is 10.1 Å². The van der Waals surface area contributed by atoms with Crippen molar-refractivity contribution in [1.82, 2.24) is 10.6 Å². The number of urea groups is 1. The van der Waals surface area contributed by atoms with Gasteiger partial charge in [-0.2, -0.15) is 0 Å². The lowest BCUT2D eigenvalue weighted by Gasteiger charge is -2.26. The van der Waals surface area contributed by atoms with Crippen LogP contribution in [0.25, 0.3) is 0 Å². The number of fused-ring (bicyclic) bond motifs is 1. The second kappa shape index (κ2) is 8.54. The Labute approximate surface area is 142 Å². The number of rotatable bonds is 6. The maximum Gasteiger partial charge on any atom is 0.321 e. The van der Waals surface area contributed by atoms with Gasteiger partial charge in [-0.05, 0) is 24.1 Å². The number of benzene rings is 1. The Bertz CT molecular complexity index is 604. The van der Waals surface area contributed by atoms with Crippen LogP contribution in [-0.4, -0.2) is 45.8 Å². The van der Waals surface area contributed by atoms with Gasteiger partial charge in [-0.25, -0.2) is 4.79 Å². The van der Waals surface area contributed by atoms with Gasteiger partial charge in [-0.1, -0.05) is 6.92 Å². The zero-order chi connectivity index (χ0) is 17.5. The molecule has 1 aliphatic rings. The van der Waals surface area contributed by atoms with Crippen molar-refractivity contribution in [1.29, 1.82) is 0 Å². The molecule has 1 unspecified atom stereocenters. The van der Waals surface area contributed by atoms with Crippen LogP contribution in [0.3, 0.4) is 0 Å². The van der Waals surface area contributed by atoms with Crippen LogP contribution in [0.5, 0.6) is 11.5 Å². The van der Waals surface area contributed by atoms with Crippen molar-refractivity contribution in [2.75, 3.05) is 33.9 Å². The third-order valence-electron chi connectivity index (χ3n) is 4.09. The summed E-state index contributed by atoms with van der Waals surface area (Å²) in [5.74, 6) is 1.16. The highest BCUT2D eigenvalue weighted by Gasteiger charge is 2.24. The molecule has 3 N–H and O–H groups in total. The van der Waals surface area contributed by atoms with Crippen molar-refractivity contribution in [3.63, 3.8) is 0 Å². The van der Waals surface area contributed by atoms with Gasteiger partial charge < -0.3 is 19.7 Å². The number of nitrogens with one attached hydrogen (secondary N) is 3. The quantitative estimate of drug-likeness (QED) is 0.677. The van der Waals surface area contributed by atoms with E-state index in [1.54, 1.807) is 14.2 Å². The number of ether oxygens (including phenoxy) is 2. The smallest absolute Gasteiger partial charge is 0.321 e. The normalized spacial score (nSPS) is 16.0. The van der Waals surface area contributed by atoms with E-state index in [9.17, 15) is 9.59 Å². The maximum atomic E-state index is 12.0. The summed E-state index contributed by atoms with van der Waals surface area (Å²) in [4.78, 5) is 24.6. The minimum Gasteiger partial charge on any atom is -0.493 e.